The van der Waals surface area contributed by atoms with Gasteiger partial charge in [0.05, 0.1) is 18.7 Å². The summed E-state index contributed by atoms with van der Waals surface area (Å²) in [4.78, 5) is 14.0. The Morgan fingerprint density at radius 1 is 0.938 bits per heavy atom. The Kier molecular flexibility index (Phi) is 5.74. The maximum absolute atomic E-state index is 6.11. The van der Waals surface area contributed by atoms with Gasteiger partial charge in [-0.3, -0.25) is 4.90 Å². The number of nitrogens with two attached hydrogens (primary N) is 1. The molecule has 1 saturated heterocycles. The van der Waals surface area contributed by atoms with Gasteiger partial charge in [0.25, 0.3) is 0 Å². The summed E-state index contributed by atoms with van der Waals surface area (Å²) >= 11 is 0. The monoisotopic (exact) mass is 433 g/mol. The van der Waals surface area contributed by atoms with Crippen LogP contribution in [0.25, 0.3) is 16.6 Å². The summed E-state index contributed by atoms with van der Waals surface area (Å²) in [5, 5.41) is 5.57. The molecule has 0 aliphatic carbocycles. The summed E-state index contributed by atoms with van der Waals surface area (Å²) in [6, 6.07) is 16.1. The van der Waals surface area contributed by atoms with Crippen LogP contribution in [0.5, 0.6) is 5.75 Å². The molecule has 0 spiro atoms. The summed E-state index contributed by atoms with van der Waals surface area (Å²) in [5.41, 5.74) is 8.91. The van der Waals surface area contributed by atoms with E-state index in [0.29, 0.717) is 25.7 Å². The topological polar surface area (TPSA) is 94.0 Å². The van der Waals surface area contributed by atoms with Gasteiger partial charge in [-0.15, -0.1) is 5.10 Å². The second-order valence-corrected chi connectivity index (χ2v) is 7.85. The van der Waals surface area contributed by atoms with Gasteiger partial charge < -0.3 is 20.1 Å². The molecular weight excluding hydrogens is 406 g/mol. The SMILES string of the molecule is COCCOc1ccc(N2CCN(Cc3nc4c5ccccc5nc(N)n4n3)CC2)cc1. The predicted octanol–water partition coefficient (Wildman–Crippen LogP) is 2.21. The fraction of sp³-hybridized carbons (Fsp3) is 0.348. The molecule has 9 heteroatoms. The smallest absolute Gasteiger partial charge is 0.223 e. The normalized spacial score (nSPS) is 15.0. The molecule has 1 aliphatic heterocycles. The van der Waals surface area contributed by atoms with Crippen LogP contribution in [0.3, 0.4) is 0 Å². The standard InChI is InChI=1S/C23H27N7O2/c1-31-14-15-32-18-8-6-17(7-9-18)29-12-10-28(11-13-29)16-21-26-22-19-4-2-3-5-20(19)25-23(24)30(22)27-21/h2-9H,10-16H2,1H3,(H2,24,25). The van der Waals surface area contributed by atoms with Gasteiger partial charge in [-0.25, -0.2) is 9.97 Å². The first-order valence-corrected chi connectivity index (χ1v) is 10.8. The number of hydrogen-bond donors (Lipinski definition) is 1. The van der Waals surface area contributed by atoms with E-state index in [-0.39, 0.29) is 0 Å². The first-order chi connectivity index (χ1) is 15.7. The molecule has 2 N–H and O–H groups in total. The van der Waals surface area contributed by atoms with Crippen molar-refractivity contribution in [2.24, 2.45) is 0 Å². The number of hydrogen-bond acceptors (Lipinski definition) is 8. The maximum Gasteiger partial charge on any atom is 0.223 e. The molecule has 2 aromatic heterocycles. The van der Waals surface area contributed by atoms with Gasteiger partial charge in [-0.1, -0.05) is 12.1 Å². The molecule has 5 rings (SSSR count). The Balaban J connectivity index is 1.22. The zero-order chi connectivity index (χ0) is 21.9. The van der Waals surface area contributed by atoms with Crippen molar-refractivity contribution in [2.75, 3.05) is 57.1 Å². The van der Waals surface area contributed by atoms with Gasteiger partial charge in [0.15, 0.2) is 11.5 Å². The summed E-state index contributed by atoms with van der Waals surface area (Å²) < 4.78 is 12.3. The highest BCUT2D eigenvalue weighted by molar-refractivity contribution is 5.92. The van der Waals surface area contributed by atoms with Crippen molar-refractivity contribution in [1.29, 1.82) is 0 Å². The molecule has 32 heavy (non-hydrogen) atoms. The van der Waals surface area contributed by atoms with E-state index in [2.05, 4.69) is 32.0 Å². The Labute approximate surface area is 186 Å². The molecule has 0 saturated carbocycles. The number of para-hydroxylation sites is 1. The molecule has 3 heterocycles. The van der Waals surface area contributed by atoms with Crippen molar-refractivity contribution in [3.8, 4) is 5.75 Å². The third kappa shape index (κ3) is 4.17. The zero-order valence-corrected chi connectivity index (χ0v) is 18.1. The Morgan fingerprint density at radius 2 is 1.72 bits per heavy atom. The molecule has 2 aromatic carbocycles. The van der Waals surface area contributed by atoms with Gasteiger partial charge in [0, 0.05) is 44.4 Å². The summed E-state index contributed by atoms with van der Waals surface area (Å²) in [6.45, 7) is 5.61. The van der Waals surface area contributed by atoms with E-state index in [1.165, 1.54) is 5.69 Å². The van der Waals surface area contributed by atoms with Crippen molar-refractivity contribution < 1.29 is 9.47 Å². The molecule has 0 bridgehead atoms. The lowest BCUT2D eigenvalue weighted by Crippen LogP contribution is -2.46. The molecule has 9 nitrogen and oxygen atoms in total. The first kappa shape index (κ1) is 20.5. The number of ether oxygens (including phenoxy) is 2. The fourth-order valence-electron chi connectivity index (χ4n) is 4.05. The average molecular weight is 434 g/mol. The lowest BCUT2D eigenvalue weighted by Gasteiger charge is -2.35. The number of rotatable bonds is 7. The van der Waals surface area contributed by atoms with Crippen LogP contribution >= 0.6 is 0 Å². The number of nitrogen functional groups attached to an aromatic ring is 1. The van der Waals surface area contributed by atoms with Crippen molar-refractivity contribution in [3.05, 3.63) is 54.4 Å². The van der Waals surface area contributed by atoms with Crippen LogP contribution in [-0.4, -0.2) is 71.0 Å². The average Bonchev–Trinajstić information content (AvgIpc) is 3.25. The van der Waals surface area contributed by atoms with Gasteiger partial charge in [0.1, 0.15) is 12.4 Å². The number of piperazine rings is 1. The van der Waals surface area contributed by atoms with Crippen molar-refractivity contribution >= 4 is 28.2 Å². The number of aromatic nitrogens is 4. The molecule has 0 unspecified atom stereocenters. The minimum atomic E-state index is 0.358. The molecule has 1 aliphatic rings. The molecule has 0 atom stereocenters. The minimum Gasteiger partial charge on any atom is -0.491 e. The highest BCUT2D eigenvalue weighted by Crippen LogP contribution is 2.22. The van der Waals surface area contributed by atoms with Crippen LogP contribution in [-0.2, 0) is 11.3 Å². The number of fused-ring (bicyclic) bond motifs is 3. The lowest BCUT2D eigenvalue weighted by atomic mass is 10.2. The third-order valence-corrected chi connectivity index (χ3v) is 5.74. The molecule has 4 aromatic rings. The van der Waals surface area contributed by atoms with Crippen molar-refractivity contribution in [3.63, 3.8) is 0 Å². The van der Waals surface area contributed by atoms with Crippen molar-refractivity contribution in [1.82, 2.24) is 24.5 Å². The third-order valence-electron chi connectivity index (χ3n) is 5.74. The van der Waals surface area contributed by atoms with E-state index in [1.54, 1.807) is 11.6 Å². The maximum atomic E-state index is 6.11. The minimum absolute atomic E-state index is 0.358. The van der Waals surface area contributed by atoms with Crippen LogP contribution in [0.4, 0.5) is 11.6 Å². The van der Waals surface area contributed by atoms with E-state index in [1.807, 2.05) is 36.4 Å². The fourth-order valence-corrected chi connectivity index (χ4v) is 4.05. The summed E-state index contributed by atoms with van der Waals surface area (Å²) in [7, 11) is 1.67. The summed E-state index contributed by atoms with van der Waals surface area (Å²) in [5.74, 6) is 1.99. The second kappa shape index (κ2) is 8.97. The molecule has 166 valence electrons. The van der Waals surface area contributed by atoms with Crippen LogP contribution in [0.15, 0.2) is 48.5 Å². The molecule has 0 radical (unpaired) electrons. The Bertz CT molecular complexity index is 1200. The molecular formula is C23H27N7O2. The van der Waals surface area contributed by atoms with E-state index >= 15 is 0 Å². The van der Waals surface area contributed by atoms with Crippen LogP contribution in [0.2, 0.25) is 0 Å². The largest absolute Gasteiger partial charge is 0.491 e. The van der Waals surface area contributed by atoms with Gasteiger partial charge >= 0.3 is 0 Å². The summed E-state index contributed by atoms with van der Waals surface area (Å²) in [6.07, 6.45) is 0. The van der Waals surface area contributed by atoms with Gasteiger partial charge in [-0.2, -0.15) is 4.52 Å². The van der Waals surface area contributed by atoms with E-state index in [0.717, 1.165) is 54.3 Å². The predicted molar refractivity (Wildman–Crippen MR) is 124 cm³/mol. The molecule has 1 fully saturated rings. The van der Waals surface area contributed by atoms with E-state index in [9.17, 15) is 0 Å². The van der Waals surface area contributed by atoms with E-state index in [4.69, 9.17) is 20.2 Å². The second-order valence-electron chi connectivity index (χ2n) is 7.85. The Morgan fingerprint density at radius 3 is 2.50 bits per heavy atom. The molecule has 0 amide bonds. The Hall–Kier alpha value is -3.43. The van der Waals surface area contributed by atoms with E-state index < -0.39 is 0 Å². The van der Waals surface area contributed by atoms with Crippen LogP contribution in [0.1, 0.15) is 5.82 Å². The van der Waals surface area contributed by atoms with Gasteiger partial charge in [0.2, 0.25) is 5.95 Å². The van der Waals surface area contributed by atoms with Gasteiger partial charge in [-0.05, 0) is 36.4 Å². The number of anilines is 2. The van der Waals surface area contributed by atoms with Crippen LogP contribution < -0.4 is 15.4 Å². The number of nitrogens with zero attached hydrogens (tertiary/aromatic N) is 6. The number of benzene rings is 2. The van der Waals surface area contributed by atoms with Crippen molar-refractivity contribution in [2.45, 2.75) is 6.54 Å². The lowest BCUT2D eigenvalue weighted by molar-refractivity contribution is 0.146. The van der Waals surface area contributed by atoms with Crippen LogP contribution in [0, 0.1) is 0 Å². The quantitative estimate of drug-likeness (QED) is 0.444. The number of methoxy groups -OCH3 is 1. The first-order valence-electron chi connectivity index (χ1n) is 10.8. The highest BCUT2D eigenvalue weighted by atomic mass is 16.5. The zero-order valence-electron chi connectivity index (χ0n) is 18.1. The highest BCUT2D eigenvalue weighted by Gasteiger charge is 2.20.